The van der Waals surface area contributed by atoms with Crippen LogP contribution in [-0.2, 0) is 16.0 Å². The Morgan fingerprint density at radius 2 is 1.79 bits per heavy atom. The SMILES string of the molecule is CCc1ccccc1N1C(=O)NC(=O)/C(=C\c2ccc(OC)cc2OC)C1=O. The summed E-state index contributed by atoms with van der Waals surface area (Å²) >= 11 is 0. The number of para-hydroxylation sites is 1. The molecule has 0 aliphatic carbocycles. The lowest BCUT2D eigenvalue weighted by Crippen LogP contribution is -2.54. The Bertz CT molecular complexity index is 981. The van der Waals surface area contributed by atoms with E-state index in [4.69, 9.17) is 9.47 Å². The van der Waals surface area contributed by atoms with Crippen molar-refractivity contribution in [2.45, 2.75) is 13.3 Å². The van der Waals surface area contributed by atoms with Crippen LogP contribution in [-0.4, -0.2) is 32.1 Å². The molecule has 28 heavy (non-hydrogen) atoms. The average molecular weight is 380 g/mol. The summed E-state index contributed by atoms with van der Waals surface area (Å²) in [6.45, 7) is 1.93. The maximum absolute atomic E-state index is 13.1. The number of methoxy groups -OCH3 is 2. The number of hydrogen-bond acceptors (Lipinski definition) is 5. The van der Waals surface area contributed by atoms with Gasteiger partial charge in [0.05, 0.1) is 19.9 Å². The van der Waals surface area contributed by atoms with Crippen LogP contribution in [0.25, 0.3) is 6.08 Å². The van der Waals surface area contributed by atoms with Gasteiger partial charge in [0.1, 0.15) is 17.1 Å². The highest BCUT2D eigenvalue weighted by molar-refractivity contribution is 6.39. The highest BCUT2D eigenvalue weighted by Gasteiger charge is 2.37. The highest BCUT2D eigenvalue weighted by atomic mass is 16.5. The van der Waals surface area contributed by atoms with Crippen LogP contribution in [0.5, 0.6) is 11.5 Å². The first-order chi connectivity index (χ1) is 13.5. The van der Waals surface area contributed by atoms with Crippen LogP contribution < -0.4 is 19.7 Å². The monoisotopic (exact) mass is 380 g/mol. The van der Waals surface area contributed by atoms with Crippen LogP contribution in [0.4, 0.5) is 10.5 Å². The molecule has 0 unspecified atom stereocenters. The zero-order valence-corrected chi connectivity index (χ0v) is 15.8. The first-order valence-electron chi connectivity index (χ1n) is 8.71. The van der Waals surface area contributed by atoms with Gasteiger partial charge in [-0.3, -0.25) is 14.9 Å². The number of nitrogens with zero attached hydrogens (tertiary/aromatic N) is 1. The van der Waals surface area contributed by atoms with Crippen LogP contribution in [0.1, 0.15) is 18.1 Å². The highest BCUT2D eigenvalue weighted by Crippen LogP contribution is 2.29. The van der Waals surface area contributed by atoms with Gasteiger partial charge in [0.2, 0.25) is 0 Å². The zero-order valence-electron chi connectivity index (χ0n) is 15.8. The first-order valence-corrected chi connectivity index (χ1v) is 8.71. The van der Waals surface area contributed by atoms with Gasteiger partial charge in [-0.15, -0.1) is 0 Å². The van der Waals surface area contributed by atoms with E-state index < -0.39 is 17.8 Å². The zero-order chi connectivity index (χ0) is 20.3. The van der Waals surface area contributed by atoms with Crippen LogP contribution in [0.3, 0.4) is 0 Å². The van der Waals surface area contributed by atoms with E-state index in [1.54, 1.807) is 30.3 Å². The van der Waals surface area contributed by atoms with E-state index in [9.17, 15) is 14.4 Å². The maximum atomic E-state index is 13.1. The molecule has 1 heterocycles. The summed E-state index contributed by atoms with van der Waals surface area (Å²) in [7, 11) is 3.01. The molecular weight excluding hydrogens is 360 g/mol. The van der Waals surface area contributed by atoms with Crippen LogP contribution in [0, 0.1) is 0 Å². The fourth-order valence-corrected chi connectivity index (χ4v) is 3.00. The summed E-state index contributed by atoms with van der Waals surface area (Å²) < 4.78 is 10.5. The van der Waals surface area contributed by atoms with Crippen molar-refractivity contribution in [3.63, 3.8) is 0 Å². The third kappa shape index (κ3) is 3.46. The Morgan fingerprint density at radius 1 is 1.04 bits per heavy atom. The molecule has 0 radical (unpaired) electrons. The van der Waals surface area contributed by atoms with Crippen molar-refractivity contribution in [1.82, 2.24) is 5.32 Å². The molecule has 4 amide bonds. The largest absolute Gasteiger partial charge is 0.497 e. The van der Waals surface area contributed by atoms with Gasteiger partial charge in [-0.05, 0) is 36.3 Å². The molecule has 1 N–H and O–H groups in total. The Balaban J connectivity index is 2.07. The van der Waals surface area contributed by atoms with E-state index in [1.165, 1.54) is 20.3 Å². The molecule has 144 valence electrons. The summed E-state index contributed by atoms with van der Waals surface area (Å²) in [5, 5.41) is 2.23. The van der Waals surface area contributed by atoms with Gasteiger partial charge >= 0.3 is 6.03 Å². The molecular formula is C21H20N2O5. The molecule has 0 bridgehead atoms. The lowest BCUT2D eigenvalue weighted by Gasteiger charge is -2.28. The van der Waals surface area contributed by atoms with Crippen molar-refractivity contribution in [2.75, 3.05) is 19.1 Å². The van der Waals surface area contributed by atoms with Crippen molar-refractivity contribution in [3.8, 4) is 11.5 Å². The molecule has 2 aromatic carbocycles. The number of imide groups is 2. The normalized spacial score (nSPS) is 15.6. The molecule has 1 aliphatic rings. The van der Waals surface area contributed by atoms with Gasteiger partial charge in [-0.2, -0.15) is 0 Å². The topological polar surface area (TPSA) is 84.9 Å². The molecule has 0 saturated carbocycles. The van der Waals surface area contributed by atoms with E-state index >= 15 is 0 Å². The molecule has 3 rings (SSSR count). The van der Waals surface area contributed by atoms with Gasteiger partial charge in [-0.25, -0.2) is 9.69 Å². The van der Waals surface area contributed by atoms with E-state index in [2.05, 4.69) is 5.32 Å². The average Bonchev–Trinajstić information content (AvgIpc) is 2.71. The summed E-state index contributed by atoms with van der Waals surface area (Å²) in [6, 6.07) is 11.3. The van der Waals surface area contributed by atoms with Gasteiger partial charge in [0.15, 0.2) is 0 Å². The van der Waals surface area contributed by atoms with Crippen molar-refractivity contribution in [3.05, 3.63) is 59.2 Å². The minimum Gasteiger partial charge on any atom is -0.497 e. The van der Waals surface area contributed by atoms with E-state index in [1.807, 2.05) is 19.1 Å². The molecule has 0 aromatic heterocycles. The number of barbiturate groups is 1. The second kappa shape index (κ2) is 7.96. The minimum absolute atomic E-state index is 0.158. The lowest BCUT2D eigenvalue weighted by atomic mass is 10.0. The third-order valence-corrected chi connectivity index (χ3v) is 4.46. The van der Waals surface area contributed by atoms with Crippen LogP contribution in [0.2, 0.25) is 0 Å². The molecule has 7 heteroatoms. The number of nitrogens with one attached hydrogen (secondary N) is 1. The fraction of sp³-hybridized carbons (Fsp3) is 0.190. The quantitative estimate of drug-likeness (QED) is 0.637. The van der Waals surface area contributed by atoms with Crippen molar-refractivity contribution in [2.24, 2.45) is 0 Å². The Morgan fingerprint density at radius 3 is 2.46 bits per heavy atom. The van der Waals surface area contributed by atoms with Gasteiger partial charge < -0.3 is 9.47 Å². The van der Waals surface area contributed by atoms with Crippen molar-refractivity contribution < 1.29 is 23.9 Å². The summed E-state index contributed by atoms with van der Waals surface area (Å²) in [5.41, 5.74) is 1.63. The number of anilines is 1. The number of carbonyl (C=O) groups is 3. The molecule has 2 aromatic rings. The van der Waals surface area contributed by atoms with Crippen LogP contribution in [0.15, 0.2) is 48.0 Å². The lowest BCUT2D eigenvalue weighted by molar-refractivity contribution is -0.122. The Kier molecular flexibility index (Phi) is 5.44. The predicted molar refractivity (Wildman–Crippen MR) is 104 cm³/mol. The Labute approximate surface area is 162 Å². The second-order valence-corrected chi connectivity index (χ2v) is 6.05. The molecule has 1 saturated heterocycles. The number of rotatable bonds is 5. The van der Waals surface area contributed by atoms with Gasteiger partial charge in [0, 0.05) is 11.6 Å². The van der Waals surface area contributed by atoms with E-state index in [0.717, 1.165) is 10.5 Å². The number of carbonyl (C=O) groups excluding carboxylic acids is 3. The number of benzene rings is 2. The maximum Gasteiger partial charge on any atom is 0.335 e. The predicted octanol–water partition coefficient (Wildman–Crippen LogP) is 2.93. The number of ether oxygens (including phenoxy) is 2. The third-order valence-electron chi connectivity index (χ3n) is 4.46. The van der Waals surface area contributed by atoms with Crippen LogP contribution >= 0.6 is 0 Å². The van der Waals surface area contributed by atoms with Gasteiger partial charge in [-0.1, -0.05) is 25.1 Å². The van der Waals surface area contributed by atoms with Gasteiger partial charge in [0.25, 0.3) is 11.8 Å². The standard InChI is InChI=1S/C21H20N2O5/c1-4-13-7-5-6-8-17(13)23-20(25)16(19(24)22-21(23)26)11-14-9-10-15(27-2)12-18(14)28-3/h5-12H,4H2,1-3H3,(H,22,24,26)/b16-11+. The molecule has 0 atom stereocenters. The Hall–Kier alpha value is -3.61. The molecule has 7 nitrogen and oxygen atoms in total. The fourth-order valence-electron chi connectivity index (χ4n) is 3.00. The smallest absolute Gasteiger partial charge is 0.335 e. The first kappa shape index (κ1) is 19.2. The van der Waals surface area contributed by atoms with Crippen molar-refractivity contribution in [1.29, 1.82) is 0 Å². The number of amides is 4. The van der Waals surface area contributed by atoms with E-state index in [-0.39, 0.29) is 5.57 Å². The number of aryl methyl sites for hydroxylation is 1. The van der Waals surface area contributed by atoms with Crippen molar-refractivity contribution >= 4 is 29.6 Å². The minimum atomic E-state index is -0.769. The molecule has 0 spiro atoms. The molecule has 1 aliphatic heterocycles. The number of urea groups is 1. The summed E-state index contributed by atoms with van der Waals surface area (Å²) in [4.78, 5) is 38.8. The number of hydrogen-bond donors (Lipinski definition) is 1. The summed E-state index contributed by atoms with van der Waals surface area (Å²) in [6.07, 6.45) is 2.04. The molecule has 1 fully saturated rings. The second-order valence-electron chi connectivity index (χ2n) is 6.05. The summed E-state index contributed by atoms with van der Waals surface area (Å²) in [5.74, 6) is -0.428. The van der Waals surface area contributed by atoms with E-state index in [0.29, 0.717) is 29.2 Å².